The number of rotatable bonds is 2. The molecule has 4 rings (SSSR count). The van der Waals surface area contributed by atoms with Gasteiger partial charge in [-0.15, -0.1) is 11.3 Å². The van der Waals surface area contributed by atoms with E-state index in [1.807, 2.05) is 0 Å². The fourth-order valence-corrected chi connectivity index (χ4v) is 6.35. The Morgan fingerprint density at radius 2 is 1.73 bits per heavy atom. The highest BCUT2D eigenvalue weighted by molar-refractivity contribution is 7.92. The second-order valence-corrected chi connectivity index (χ2v) is 9.82. The van der Waals surface area contributed by atoms with Crippen LogP contribution >= 0.6 is 11.3 Å². The Hall–Kier alpha value is -2.92. The van der Waals surface area contributed by atoms with E-state index >= 15 is 0 Å². The Kier molecular flexibility index (Phi) is 4.62. The fraction of sp³-hybridized carbons (Fsp3) is 0.158. The molecule has 0 radical (unpaired) electrons. The molecule has 0 bridgehead atoms. The minimum atomic E-state index is -4.52. The molecule has 0 aliphatic carbocycles. The number of sulfonamides is 1. The first-order chi connectivity index (χ1) is 14.0. The van der Waals surface area contributed by atoms with Crippen molar-refractivity contribution in [3.63, 3.8) is 0 Å². The summed E-state index contributed by atoms with van der Waals surface area (Å²) in [6, 6.07) is 10.4. The van der Waals surface area contributed by atoms with Crippen LogP contribution in [0.4, 0.5) is 18.9 Å². The highest BCUT2D eigenvalue weighted by Gasteiger charge is 2.47. The Morgan fingerprint density at radius 3 is 2.37 bits per heavy atom. The molecular weight excluding hydrogens is 441 g/mol. The van der Waals surface area contributed by atoms with Crippen LogP contribution in [0.1, 0.15) is 17.0 Å². The van der Waals surface area contributed by atoms with Crippen molar-refractivity contribution in [3.8, 4) is 0 Å². The highest BCUT2D eigenvalue weighted by atomic mass is 32.2. The second kappa shape index (κ2) is 6.81. The monoisotopic (exact) mass is 454 g/mol. The number of hydrogen-bond donors (Lipinski definition) is 1. The van der Waals surface area contributed by atoms with Crippen molar-refractivity contribution in [2.24, 2.45) is 0 Å². The molecule has 1 aliphatic heterocycles. The first-order valence-electron chi connectivity index (χ1n) is 8.54. The summed E-state index contributed by atoms with van der Waals surface area (Å²) < 4.78 is 64.6. The number of halogens is 3. The number of alkyl halides is 3. The summed E-state index contributed by atoms with van der Waals surface area (Å²) in [5.41, 5.74) is -0.743. The molecule has 3 aromatic rings. The third-order valence-corrected chi connectivity index (χ3v) is 8.24. The quantitative estimate of drug-likeness (QED) is 0.597. The van der Waals surface area contributed by atoms with Crippen molar-refractivity contribution in [1.29, 1.82) is 0 Å². The highest BCUT2D eigenvalue weighted by Crippen LogP contribution is 2.44. The van der Waals surface area contributed by atoms with Crippen LogP contribution < -0.4 is 5.32 Å². The van der Waals surface area contributed by atoms with Gasteiger partial charge in [0.05, 0.1) is 5.56 Å². The predicted octanol–water partition coefficient (Wildman–Crippen LogP) is 3.80. The molecule has 6 nitrogen and oxygen atoms in total. The molecule has 0 saturated carbocycles. The zero-order chi connectivity index (χ0) is 21.8. The maximum absolute atomic E-state index is 12.9. The second-order valence-electron chi connectivity index (χ2n) is 6.61. The van der Waals surface area contributed by atoms with Crippen molar-refractivity contribution in [2.45, 2.75) is 16.3 Å². The van der Waals surface area contributed by atoms with Crippen LogP contribution in [0.5, 0.6) is 0 Å². The minimum Gasteiger partial charge on any atom is -0.325 e. The standard InChI is InChI=1S/C19H13F3N2O4S2/c1-24-17(26)15(16(25)23-11-8-6-10(7-9-11)19(20,21)22)14-12-4-2-3-5-13(12)29-18(14)30(24,27)28/h2-9,15H,1H3,(H,23,25). The summed E-state index contributed by atoms with van der Waals surface area (Å²) in [5, 5.41) is 2.89. The van der Waals surface area contributed by atoms with Crippen molar-refractivity contribution in [1.82, 2.24) is 4.31 Å². The zero-order valence-corrected chi connectivity index (χ0v) is 16.9. The van der Waals surface area contributed by atoms with Crippen LogP contribution in [0, 0.1) is 0 Å². The number of likely N-dealkylation sites (N-methyl/N-ethyl adjacent to an activating group) is 1. The van der Waals surface area contributed by atoms with Gasteiger partial charge in [0, 0.05) is 23.0 Å². The van der Waals surface area contributed by atoms with Gasteiger partial charge in [-0.1, -0.05) is 18.2 Å². The van der Waals surface area contributed by atoms with Crippen LogP contribution in [0.3, 0.4) is 0 Å². The third-order valence-electron chi connectivity index (χ3n) is 4.78. The zero-order valence-electron chi connectivity index (χ0n) is 15.2. The molecule has 1 unspecified atom stereocenters. The lowest BCUT2D eigenvalue weighted by Crippen LogP contribution is -2.45. The number of anilines is 1. The summed E-state index contributed by atoms with van der Waals surface area (Å²) in [6.45, 7) is 0. The van der Waals surface area contributed by atoms with Gasteiger partial charge in [0.15, 0.2) is 0 Å². The average molecular weight is 454 g/mol. The first-order valence-corrected chi connectivity index (χ1v) is 10.8. The molecule has 1 aliphatic rings. The van der Waals surface area contributed by atoms with Crippen molar-refractivity contribution >= 4 is 48.9 Å². The Morgan fingerprint density at radius 1 is 1.10 bits per heavy atom. The van der Waals surface area contributed by atoms with E-state index in [-0.39, 0.29) is 15.5 Å². The Labute approximate surface area is 173 Å². The Bertz CT molecular complexity index is 1280. The molecule has 2 heterocycles. The number of carbonyl (C=O) groups is 2. The molecule has 2 aromatic carbocycles. The van der Waals surface area contributed by atoms with Gasteiger partial charge in [0.25, 0.3) is 15.9 Å². The van der Waals surface area contributed by atoms with Crippen molar-refractivity contribution in [2.75, 3.05) is 12.4 Å². The molecule has 2 amide bonds. The lowest BCUT2D eigenvalue weighted by atomic mass is 9.96. The van der Waals surface area contributed by atoms with Crippen molar-refractivity contribution < 1.29 is 31.2 Å². The van der Waals surface area contributed by atoms with Gasteiger partial charge >= 0.3 is 6.18 Å². The number of benzene rings is 2. The number of hydrogen-bond acceptors (Lipinski definition) is 5. The lowest BCUT2D eigenvalue weighted by molar-refractivity contribution is -0.137. The van der Waals surface area contributed by atoms with Gasteiger partial charge in [0.1, 0.15) is 10.1 Å². The fourth-order valence-electron chi connectivity index (χ4n) is 3.26. The average Bonchev–Trinajstić information content (AvgIpc) is 3.07. The molecule has 0 saturated heterocycles. The molecule has 1 aromatic heterocycles. The van der Waals surface area contributed by atoms with Gasteiger partial charge in [-0.25, -0.2) is 12.7 Å². The first kappa shape index (κ1) is 20.4. The maximum Gasteiger partial charge on any atom is 0.416 e. The topological polar surface area (TPSA) is 83.6 Å². The van der Waals surface area contributed by atoms with Crippen LogP contribution in [0.25, 0.3) is 10.1 Å². The van der Waals surface area contributed by atoms with Gasteiger partial charge in [-0.2, -0.15) is 13.2 Å². The van der Waals surface area contributed by atoms with E-state index in [9.17, 15) is 31.2 Å². The van der Waals surface area contributed by atoms with E-state index in [1.54, 1.807) is 24.3 Å². The van der Waals surface area contributed by atoms with E-state index in [0.717, 1.165) is 42.6 Å². The molecule has 156 valence electrons. The summed E-state index contributed by atoms with van der Waals surface area (Å²) in [7, 11) is -3.02. The summed E-state index contributed by atoms with van der Waals surface area (Å²) in [4.78, 5) is 25.8. The number of nitrogens with zero attached hydrogens (tertiary/aromatic N) is 1. The van der Waals surface area contributed by atoms with E-state index in [0.29, 0.717) is 14.4 Å². The van der Waals surface area contributed by atoms with E-state index in [2.05, 4.69) is 5.32 Å². The van der Waals surface area contributed by atoms with Gasteiger partial charge < -0.3 is 5.32 Å². The molecule has 0 spiro atoms. The molecule has 0 fully saturated rings. The summed E-state index contributed by atoms with van der Waals surface area (Å²) in [6.07, 6.45) is -4.52. The Balaban J connectivity index is 1.77. The third kappa shape index (κ3) is 3.14. The number of amides is 2. The smallest absolute Gasteiger partial charge is 0.325 e. The number of carbonyl (C=O) groups excluding carboxylic acids is 2. The van der Waals surface area contributed by atoms with E-state index in [1.165, 1.54) is 0 Å². The lowest BCUT2D eigenvalue weighted by Gasteiger charge is -2.28. The number of fused-ring (bicyclic) bond motifs is 3. The normalized spacial score (nSPS) is 18.3. The van der Waals surface area contributed by atoms with Crippen LogP contribution in [-0.2, 0) is 25.8 Å². The molecule has 30 heavy (non-hydrogen) atoms. The minimum absolute atomic E-state index is 0.0537. The molecule has 1 atom stereocenters. The van der Waals surface area contributed by atoms with Gasteiger partial charge in [-0.3, -0.25) is 9.59 Å². The van der Waals surface area contributed by atoms with Gasteiger partial charge in [-0.05, 0) is 35.7 Å². The van der Waals surface area contributed by atoms with E-state index < -0.39 is 39.5 Å². The summed E-state index contributed by atoms with van der Waals surface area (Å²) in [5.74, 6) is -3.21. The number of nitrogens with one attached hydrogen (secondary N) is 1. The van der Waals surface area contributed by atoms with Crippen LogP contribution in [0.15, 0.2) is 52.7 Å². The van der Waals surface area contributed by atoms with Gasteiger partial charge in [0.2, 0.25) is 5.91 Å². The van der Waals surface area contributed by atoms with E-state index in [4.69, 9.17) is 0 Å². The van der Waals surface area contributed by atoms with Crippen LogP contribution in [-0.4, -0.2) is 31.6 Å². The maximum atomic E-state index is 12.9. The SMILES string of the molecule is CN1C(=O)C(C(=O)Nc2ccc(C(F)(F)F)cc2)c2c(sc3ccccc23)S1(=O)=O. The molecular formula is C19H13F3N2O4S2. The number of thiophene rings is 1. The van der Waals surface area contributed by atoms with Crippen molar-refractivity contribution in [3.05, 3.63) is 59.7 Å². The van der Waals surface area contributed by atoms with Crippen LogP contribution in [0.2, 0.25) is 0 Å². The predicted molar refractivity (Wildman–Crippen MR) is 105 cm³/mol. The largest absolute Gasteiger partial charge is 0.416 e. The molecule has 1 N–H and O–H groups in total. The molecule has 11 heteroatoms. The summed E-state index contributed by atoms with van der Waals surface area (Å²) >= 11 is 0.958.